The van der Waals surface area contributed by atoms with Crippen LogP contribution in [0.2, 0.25) is 0 Å². The second-order valence-electron chi connectivity index (χ2n) is 3.43. The fourth-order valence-electron chi connectivity index (χ4n) is 1.09. The molecule has 1 unspecified atom stereocenters. The number of carboxylic acid groups (broad SMARTS) is 1. The normalized spacial score (nSPS) is 11.9. The van der Waals surface area contributed by atoms with E-state index in [4.69, 9.17) is 5.11 Å². The molecule has 1 atom stereocenters. The number of carbonyl (C=O) groups is 2. The molecule has 14 heavy (non-hydrogen) atoms. The Bertz CT molecular complexity index is 204. The van der Waals surface area contributed by atoms with Crippen molar-refractivity contribution in [1.82, 2.24) is 10.2 Å². The summed E-state index contributed by atoms with van der Waals surface area (Å²) in [7, 11) is 3.25. The van der Waals surface area contributed by atoms with Crippen LogP contribution < -0.4 is 5.32 Å². The lowest BCUT2D eigenvalue weighted by atomic mass is 10.1. The second kappa shape index (κ2) is 6.23. The molecule has 0 rings (SSSR count). The van der Waals surface area contributed by atoms with Crippen LogP contribution in [0.1, 0.15) is 26.2 Å². The van der Waals surface area contributed by atoms with E-state index < -0.39 is 5.97 Å². The van der Waals surface area contributed by atoms with Crippen LogP contribution in [-0.2, 0) is 4.79 Å². The predicted octanol–water partition coefficient (Wildman–Crippen LogP) is 0.901. The van der Waals surface area contributed by atoms with E-state index in [0.29, 0.717) is 6.42 Å². The number of carbonyl (C=O) groups excluding carboxylic acids is 1. The summed E-state index contributed by atoms with van der Waals surface area (Å²) in [5.74, 6) is -0.887. The molecule has 0 spiro atoms. The van der Waals surface area contributed by atoms with Gasteiger partial charge in [0.15, 0.2) is 0 Å². The molecular weight excluding hydrogens is 184 g/mol. The maximum atomic E-state index is 11.2. The highest BCUT2D eigenvalue weighted by atomic mass is 16.4. The molecule has 0 fully saturated rings. The summed E-state index contributed by atoms with van der Waals surface area (Å²) < 4.78 is 0. The Morgan fingerprint density at radius 2 is 2.00 bits per heavy atom. The molecule has 0 aliphatic carbocycles. The minimum absolute atomic E-state index is 0.0204. The van der Waals surface area contributed by atoms with E-state index in [-0.39, 0.29) is 18.5 Å². The summed E-state index contributed by atoms with van der Waals surface area (Å²) in [5, 5.41) is 11.3. The van der Waals surface area contributed by atoms with Gasteiger partial charge in [0.25, 0.3) is 0 Å². The molecule has 2 N–H and O–H groups in total. The number of carboxylic acids is 1. The van der Waals surface area contributed by atoms with Crippen molar-refractivity contribution >= 4 is 12.0 Å². The highest BCUT2D eigenvalue weighted by Gasteiger charge is 2.15. The van der Waals surface area contributed by atoms with Crippen molar-refractivity contribution in [2.75, 3.05) is 14.1 Å². The van der Waals surface area contributed by atoms with E-state index in [9.17, 15) is 9.59 Å². The fourth-order valence-corrected chi connectivity index (χ4v) is 1.09. The zero-order valence-electron chi connectivity index (χ0n) is 8.91. The Morgan fingerprint density at radius 1 is 1.43 bits per heavy atom. The van der Waals surface area contributed by atoms with Gasteiger partial charge >= 0.3 is 12.0 Å². The van der Waals surface area contributed by atoms with Crippen LogP contribution in [-0.4, -0.2) is 42.1 Å². The highest BCUT2D eigenvalue weighted by Crippen LogP contribution is 2.02. The summed E-state index contributed by atoms with van der Waals surface area (Å²) in [6.45, 7) is 1.96. The van der Waals surface area contributed by atoms with Crippen molar-refractivity contribution in [3.05, 3.63) is 0 Å². The quantitative estimate of drug-likeness (QED) is 0.696. The van der Waals surface area contributed by atoms with Crippen molar-refractivity contribution in [2.45, 2.75) is 32.2 Å². The van der Waals surface area contributed by atoms with Crippen LogP contribution >= 0.6 is 0 Å². The molecule has 0 aliphatic heterocycles. The monoisotopic (exact) mass is 202 g/mol. The summed E-state index contributed by atoms with van der Waals surface area (Å²) in [6, 6.07) is -0.517. The van der Waals surface area contributed by atoms with E-state index in [1.165, 1.54) is 4.90 Å². The number of nitrogens with one attached hydrogen (secondary N) is 1. The average Bonchev–Trinajstić information content (AvgIpc) is 2.02. The second-order valence-corrected chi connectivity index (χ2v) is 3.43. The number of amides is 2. The molecule has 5 nitrogen and oxygen atoms in total. The van der Waals surface area contributed by atoms with Crippen molar-refractivity contribution in [2.24, 2.45) is 0 Å². The van der Waals surface area contributed by atoms with Gasteiger partial charge in [0.05, 0.1) is 6.42 Å². The first-order valence-corrected chi connectivity index (χ1v) is 4.67. The van der Waals surface area contributed by atoms with Gasteiger partial charge in [0, 0.05) is 20.1 Å². The Morgan fingerprint density at radius 3 is 2.36 bits per heavy atom. The number of aliphatic carboxylic acids is 1. The third-order valence-electron chi connectivity index (χ3n) is 1.79. The third kappa shape index (κ3) is 5.40. The van der Waals surface area contributed by atoms with Crippen molar-refractivity contribution < 1.29 is 14.7 Å². The van der Waals surface area contributed by atoms with Crippen LogP contribution in [0.5, 0.6) is 0 Å². The lowest BCUT2D eigenvalue weighted by Gasteiger charge is -2.19. The molecule has 0 saturated heterocycles. The topological polar surface area (TPSA) is 69.6 Å². The van der Waals surface area contributed by atoms with Gasteiger partial charge in [0.1, 0.15) is 0 Å². The van der Waals surface area contributed by atoms with Gasteiger partial charge in [-0.2, -0.15) is 0 Å². The van der Waals surface area contributed by atoms with Crippen molar-refractivity contribution in [1.29, 1.82) is 0 Å². The largest absolute Gasteiger partial charge is 0.481 e. The molecule has 0 aliphatic rings. The summed E-state index contributed by atoms with van der Waals surface area (Å²) in [6.07, 6.45) is 1.52. The summed E-state index contributed by atoms with van der Waals surface area (Å²) >= 11 is 0. The molecule has 5 heteroatoms. The van der Waals surface area contributed by atoms with E-state index in [1.54, 1.807) is 14.1 Å². The minimum atomic E-state index is -0.887. The van der Waals surface area contributed by atoms with E-state index in [2.05, 4.69) is 5.32 Å². The summed E-state index contributed by atoms with van der Waals surface area (Å²) in [5.41, 5.74) is 0. The lowest BCUT2D eigenvalue weighted by molar-refractivity contribution is -0.137. The number of hydrogen-bond donors (Lipinski definition) is 2. The van der Waals surface area contributed by atoms with E-state index in [1.807, 2.05) is 6.92 Å². The maximum absolute atomic E-state index is 11.2. The Labute approximate surface area is 84.1 Å². The number of urea groups is 1. The first-order valence-electron chi connectivity index (χ1n) is 4.67. The van der Waals surface area contributed by atoms with E-state index in [0.717, 1.165) is 6.42 Å². The smallest absolute Gasteiger partial charge is 0.317 e. The average molecular weight is 202 g/mol. The third-order valence-corrected chi connectivity index (χ3v) is 1.79. The zero-order chi connectivity index (χ0) is 11.1. The SMILES string of the molecule is CCCC(CC(=O)O)NC(=O)N(C)C. The van der Waals surface area contributed by atoms with Gasteiger partial charge in [-0.3, -0.25) is 4.79 Å². The van der Waals surface area contributed by atoms with Crippen molar-refractivity contribution in [3.63, 3.8) is 0 Å². The van der Waals surface area contributed by atoms with Gasteiger partial charge in [-0.05, 0) is 6.42 Å². The van der Waals surface area contributed by atoms with Gasteiger partial charge < -0.3 is 15.3 Å². The molecule has 0 aromatic carbocycles. The van der Waals surface area contributed by atoms with Crippen LogP contribution in [0.3, 0.4) is 0 Å². The van der Waals surface area contributed by atoms with Crippen LogP contribution in [0.15, 0.2) is 0 Å². The van der Waals surface area contributed by atoms with Crippen LogP contribution in [0.4, 0.5) is 4.79 Å². The van der Waals surface area contributed by atoms with Gasteiger partial charge in [0.2, 0.25) is 0 Å². The van der Waals surface area contributed by atoms with Crippen molar-refractivity contribution in [3.8, 4) is 0 Å². The van der Waals surface area contributed by atoms with E-state index >= 15 is 0 Å². The molecule has 0 radical (unpaired) electrons. The number of rotatable bonds is 5. The minimum Gasteiger partial charge on any atom is -0.481 e. The lowest BCUT2D eigenvalue weighted by Crippen LogP contribution is -2.42. The number of nitrogens with zero attached hydrogens (tertiary/aromatic N) is 1. The molecule has 0 saturated carbocycles. The molecule has 0 heterocycles. The summed E-state index contributed by atoms with van der Waals surface area (Å²) in [4.78, 5) is 23.1. The first kappa shape index (κ1) is 12.7. The standard InChI is InChI=1S/C9H18N2O3/c1-4-5-7(6-8(12)13)10-9(14)11(2)3/h7H,4-6H2,1-3H3,(H,10,14)(H,12,13). The molecule has 2 amide bonds. The number of hydrogen-bond acceptors (Lipinski definition) is 2. The molecule has 82 valence electrons. The first-order chi connectivity index (χ1) is 6.47. The molecule has 0 bridgehead atoms. The molecular formula is C9H18N2O3. The van der Waals surface area contributed by atoms with Gasteiger partial charge in [-0.1, -0.05) is 13.3 Å². The molecule has 0 aromatic rings. The fraction of sp³-hybridized carbons (Fsp3) is 0.778. The Balaban J connectivity index is 4.08. The predicted molar refractivity (Wildman–Crippen MR) is 53.2 cm³/mol. The van der Waals surface area contributed by atoms with Gasteiger partial charge in [-0.15, -0.1) is 0 Å². The van der Waals surface area contributed by atoms with Gasteiger partial charge in [-0.25, -0.2) is 4.79 Å². The Hall–Kier alpha value is -1.26. The zero-order valence-corrected chi connectivity index (χ0v) is 8.91. The van der Waals surface area contributed by atoms with Crippen LogP contribution in [0, 0.1) is 0 Å². The Kier molecular flexibility index (Phi) is 5.67. The van der Waals surface area contributed by atoms with Crippen LogP contribution in [0.25, 0.3) is 0 Å². The maximum Gasteiger partial charge on any atom is 0.317 e. The molecule has 0 aromatic heterocycles. The highest BCUT2D eigenvalue weighted by molar-refractivity contribution is 5.75.